The molecule has 3 rings (SSSR count). The molecule has 2 aliphatic heterocycles. The average Bonchev–Trinajstić information content (AvgIpc) is 3.18. The lowest BCUT2D eigenvalue weighted by Gasteiger charge is -2.28. The zero-order valence-corrected chi connectivity index (χ0v) is 18.3. The third-order valence-electron chi connectivity index (χ3n) is 5.34. The Labute approximate surface area is 185 Å². The van der Waals surface area contributed by atoms with Crippen LogP contribution < -0.4 is 20.3 Å². The number of carbonyl (C=O) groups excluding carboxylic acids is 4. The van der Waals surface area contributed by atoms with Crippen molar-refractivity contribution < 1.29 is 33.4 Å². The van der Waals surface area contributed by atoms with E-state index in [0.717, 1.165) is 0 Å². The van der Waals surface area contributed by atoms with Crippen LogP contribution in [0.25, 0.3) is 0 Å². The predicted octanol–water partition coefficient (Wildman–Crippen LogP) is 1.50. The van der Waals surface area contributed by atoms with Crippen LogP contribution in [0.2, 0.25) is 0 Å². The van der Waals surface area contributed by atoms with Gasteiger partial charge in [-0.25, -0.2) is 9.59 Å². The summed E-state index contributed by atoms with van der Waals surface area (Å²) >= 11 is 0. The van der Waals surface area contributed by atoms with Crippen molar-refractivity contribution in [1.82, 2.24) is 10.6 Å². The fourth-order valence-electron chi connectivity index (χ4n) is 3.79. The normalized spacial score (nSPS) is 20.5. The summed E-state index contributed by atoms with van der Waals surface area (Å²) < 4.78 is 15.8. The van der Waals surface area contributed by atoms with Crippen molar-refractivity contribution in [1.29, 1.82) is 0 Å². The Balaban J connectivity index is 1.72. The van der Waals surface area contributed by atoms with Gasteiger partial charge in [0.25, 0.3) is 0 Å². The van der Waals surface area contributed by atoms with Crippen molar-refractivity contribution in [2.24, 2.45) is 5.92 Å². The molecule has 1 aromatic carbocycles. The molecular formula is C22H27N3O7. The van der Waals surface area contributed by atoms with Crippen molar-refractivity contribution in [3.05, 3.63) is 35.5 Å². The maximum absolute atomic E-state index is 12.7. The fraction of sp³-hybridized carbons (Fsp3) is 0.455. The molecule has 0 bridgehead atoms. The number of benzene rings is 1. The van der Waals surface area contributed by atoms with Crippen LogP contribution in [0.3, 0.4) is 0 Å². The number of hydrogen-bond acceptors (Lipinski definition) is 7. The zero-order chi connectivity index (χ0) is 23.3. The summed E-state index contributed by atoms with van der Waals surface area (Å²) in [5, 5.41) is 5.19. The Kier molecular flexibility index (Phi) is 7.34. The Morgan fingerprint density at radius 3 is 2.59 bits per heavy atom. The molecule has 0 saturated carbocycles. The van der Waals surface area contributed by atoms with E-state index in [9.17, 15) is 19.2 Å². The summed E-state index contributed by atoms with van der Waals surface area (Å²) in [6, 6.07) is 6.02. The van der Waals surface area contributed by atoms with Gasteiger partial charge in [0.05, 0.1) is 42.6 Å². The maximum atomic E-state index is 12.7. The third kappa shape index (κ3) is 4.84. The number of ether oxygens (including phenoxy) is 3. The van der Waals surface area contributed by atoms with Crippen LogP contribution in [0.4, 0.5) is 10.5 Å². The second-order valence-electron chi connectivity index (χ2n) is 7.36. The van der Waals surface area contributed by atoms with E-state index in [1.54, 1.807) is 31.2 Å². The molecule has 1 saturated heterocycles. The van der Waals surface area contributed by atoms with Crippen molar-refractivity contribution in [2.75, 3.05) is 31.8 Å². The van der Waals surface area contributed by atoms with Gasteiger partial charge in [-0.15, -0.1) is 0 Å². The fourth-order valence-corrected chi connectivity index (χ4v) is 3.79. The van der Waals surface area contributed by atoms with Crippen molar-refractivity contribution in [2.45, 2.75) is 32.7 Å². The molecule has 0 spiro atoms. The van der Waals surface area contributed by atoms with Gasteiger partial charge in [0.1, 0.15) is 12.4 Å². The van der Waals surface area contributed by atoms with Gasteiger partial charge in [0, 0.05) is 13.0 Å². The van der Waals surface area contributed by atoms with Crippen molar-refractivity contribution in [3.8, 4) is 5.75 Å². The van der Waals surface area contributed by atoms with E-state index in [0.29, 0.717) is 17.9 Å². The summed E-state index contributed by atoms with van der Waals surface area (Å²) in [6.45, 7) is 3.50. The molecule has 10 heteroatoms. The number of methoxy groups -OCH3 is 1. The predicted molar refractivity (Wildman–Crippen MR) is 114 cm³/mol. The van der Waals surface area contributed by atoms with E-state index in [2.05, 4.69) is 10.6 Å². The van der Waals surface area contributed by atoms with E-state index >= 15 is 0 Å². The first-order valence-electron chi connectivity index (χ1n) is 10.5. The van der Waals surface area contributed by atoms with E-state index < -0.39 is 29.9 Å². The molecular weight excluding hydrogens is 418 g/mol. The first kappa shape index (κ1) is 23.1. The van der Waals surface area contributed by atoms with Crippen molar-refractivity contribution in [3.63, 3.8) is 0 Å². The SMILES string of the molecule is CCOC(=O)C1=C(COC(=O)[C@@H]2CC(=O)N(c3ccccc3OC)C2)NC(=O)N[C@H]1CC. The highest BCUT2D eigenvalue weighted by molar-refractivity contribution is 6.00. The largest absolute Gasteiger partial charge is 0.495 e. The number of nitrogens with one attached hydrogen (secondary N) is 2. The van der Waals surface area contributed by atoms with Crippen LogP contribution in [0.15, 0.2) is 35.5 Å². The highest BCUT2D eigenvalue weighted by Crippen LogP contribution is 2.33. The number of carbonyl (C=O) groups is 4. The number of hydrogen-bond donors (Lipinski definition) is 2. The molecule has 0 aliphatic carbocycles. The molecule has 2 heterocycles. The quantitative estimate of drug-likeness (QED) is 0.581. The minimum absolute atomic E-state index is 0.00778. The Morgan fingerprint density at radius 2 is 1.91 bits per heavy atom. The highest BCUT2D eigenvalue weighted by atomic mass is 16.5. The smallest absolute Gasteiger partial charge is 0.338 e. The number of urea groups is 1. The van der Waals surface area contributed by atoms with Gasteiger partial charge in [0.15, 0.2) is 0 Å². The topological polar surface area (TPSA) is 123 Å². The molecule has 2 N–H and O–H groups in total. The second-order valence-corrected chi connectivity index (χ2v) is 7.36. The molecule has 2 atom stereocenters. The molecule has 1 fully saturated rings. The molecule has 2 aliphatic rings. The monoisotopic (exact) mass is 445 g/mol. The van der Waals surface area contributed by atoms with Gasteiger partial charge in [-0.2, -0.15) is 0 Å². The Morgan fingerprint density at radius 1 is 1.16 bits per heavy atom. The molecule has 1 aromatic rings. The minimum Gasteiger partial charge on any atom is -0.495 e. The molecule has 3 amide bonds. The van der Waals surface area contributed by atoms with E-state index in [4.69, 9.17) is 14.2 Å². The summed E-state index contributed by atoms with van der Waals surface area (Å²) in [4.78, 5) is 51.1. The summed E-state index contributed by atoms with van der Waals surface area (Å²) in [6.07, 6.45) is 0.455. The third-order valence-corrected chi connectivity index (χ3v) is 5.34. The molecule has 0 unspecified atom stereocenters. The Hall–Kier alpha value is -3.56. The minimum atomic E-state index is -0.682. The standard InChI is InChI=1S/C22H27N3O7/c1-4-14-19(21(28)31-5-2)15(24-22(29)23-14)12-32-20(27)13-10-18(26)25(11-13)16-8-6-7-9-17(16)30-3/h6-9,13-14H,4-5,10-12H2,1-3H3,(H2,23,24,29)/t13-,14+/m1/s1. The highest BCUT2D eigenvalue weighted by Gasteiger charge is 2.38. The van der Waals surface area contributed by atoms with Crippen LogP contribution in [0, 0.1) is 5.92 Å². The molecule has 10 nitrogen and oxygen atoms in total. The van der Waals surface area contributed by atoms with E-state index in [1.165, 1.54) is 12.0 Å². The molecule has 172 valence electrons. The van der Waals surface area contributed by atoms with Gasteiger partial charge < -0.3 is 29.7 Å². The molecule has 0 aromatic heterocycles. The van der Waals surface area contributed by atoms with Gasteiger partial charge in [0.2, 0.25) is 5.91 Å². The van der Waals surface area contributed by atoms with Crippen LogP contribution in [-0.4, -0.2) is 56.8 Å². The first-order chi connectivity index (χ1) is 15.4. The lowest BCUT2D eigenvalue weighted by atomic mass is 10.0. The number of anilines is 1. The molecule has 0 radical (unpaired) electrons. The van der Waals surface area contributed by atoms with Crippen LogP contribution in [0.1, 0.15) is 26.7 Å². The van der Waals surface area contributed by atoms with Crippen molar-refractivity contribution >= 4 is 29.6 Å². The summed E-state index contributed by atoms with van der Waals surface area (Å²) in [5.74, 6) is -1.55. The van der Waals surface area contributed by atoms with Gasteiger partial charge >= 0.3 is 18.0 Å². The number of amides is 3. The zero-order valence-electron chi connectivity index (χ0n) is 18.3. The van der Waals surface area contributed by atoms with Crippen LogP contribution in [-0.2, 0) is 23.9 Å². The van der Waals surface area contributed by atoms with E-state index in [-0.39, 0.29) is 43.4 Å². The average molecular weight is 445 g/mol. The molecule has 32 heavy (non-hydrogen) atoms. The summed E-state index contributed by atoms with van der Waals surface area (Å²) in [5.41, 5.74) is 0.984. The van der Waals surface area contributed by atoms with Gasteiger partial charge in [-0.1, -0.05) is 19.1 Å². The lowest BCUT2D eigenvalue weighted by Crippen LogP contribution is -2.51. The van der Waals surface area contributed by atoms with Crippen LogP contribution in [0.5, 0.6) is 5.75 Å². The number of esters is 2. The van der Waals surface area contributed by atoms with Crippen LogP contribution >= 0.6 is 0 Å². The van der Waals surface area contributed by atoms with E-state index in [1.807, 2.05) is 6.92 Å². The lowest BCUT2D eigenvalue weighted by molar-refractivity contribution is -0.147. The second kappa shape index (κ2) is 10.2. The van der Waals surface area contributed by atoms with Gasteiger partial charge in [-0.05, 0) is 25.5 Å². The first-order valence-corrected chi connectivity index (χ1v) is 10.5. The Bertz CT molecular complexity index is 943. The number of nitrogens with zero attached hydrogens (tertiary/aromatic N) is 1. The number of rotatable bonds is 8. The number of para-hydroxylation sites is 2. The van der Waals surface area contributed by atoms with Gasteiger partial charge in [-0.3, -0.25) is 9.59 Å². The summed E-state index contributed by atoms with van der Waals surface area (Å²) in [7, 11) is 1.51. The maximum Gasteiger partial charge on any atom is 0.338 e.